The summed E-state index contributed by atoms with van der Waals surface area (Å²) in [5.41, 5.74) is 0. The first-order valence-electron chi connectivity index (χ1n) is 7.80. The fraction of sp³-hybridized carbons (Fsp3) is 0.938. The van der Waals surface area contributed by atoms with Crippen molar-refractivity contribution >= 4 is 27.7 Å². The Morgan fingerprint density at radius 2 is 1.67 bits per heavy atom. The molecule has 0 aliphatic carbocycles. The van der Waals surface area contributed by atoms with Crippen LogP contribution in [-0.4, -0.2) is 44.5 Å². The van der Waals surface area contributed by atoms with E-state index in [9.17, 15) is 9.00 Å². The SMILES string of the molecule is CCSC(C)(C)C(=O)OCCCCCC(C)(C)[SH](C)(C)=O. The summed E-state index contributed by atoms with van der Waals surface area (Å²) in [6, 6.07) is 0. The Bertz CT molecular complexity index is 370. The smallest absolute Gasteiger partial charge is 0.321 e. The zero-order valence-electron chi connectivity index (χ0n) is 14.8. The van der Waals surface area contributed by atoms with Gasteiger partial charge in [-0.15, -0.1) is 21.7 Å². The molecule has 5 heteroatoms. The van der Waals surface area contributed by atoms with Crippen LogP contribution in [0.15, 0.2) is 0 Å². The van der Waals surface area contributed by atoms with Crippen LogP contribution in [0.5, 0.6) is 0 Å². The summed E-state index contributed by atoms with van der Waals surface area (Å²) in [7, 11) is -2.06. The minimum atomic E-state index is -2.06. The number of rotatable bonds is 10. The lowest BCUT2D eigenvalue weighted by Crippen LogP contribution is -2.35. The van der Waals surface area contributed by atoms with Gasteiger partial charge in [-0.05, 0) is 45.0 Å². The number of thioether (sulfide) groups is 1. The van der Waals surface area contributed by atoms with E-state index in [1.54, 1.807) is 11.8 Å². The van der Waals surface area contributed by atoms with Gasteiger partial charge in [-0.3, -0.25) is 9.00 Å². The molecule has 0 aliphatic heterocycles. The van der Waals surface area contributed by atoms with Crippen LogP contribution in [0.3, 0.4) is 0 Å². The Hall–Kier alpha value is -0.0300. The highest BCUT2D eigenvalue weighted by Crippen LogP contribution is 2.27. The second kappa shape index (κ2) is 8.56. The zero-order chi connectivity index (χ0) is 16.7. The molecule has 0 aliphatic rings. The van der Waals surface area contributed by atoms with Crippen LogP contribution in [0.2, 0.25) is 0 Å². The monoisotopic (exact) mass is 338 g/mol. The van der Waals surface area contributed by atoms with Crippen LogP contribution in [0.4, 0.5) is 0 Å². The molecule has 128 valence electrons. The highest BCUT2D eigenvalue weighted by Gasteiger charge is 2.29. The Labute approximate surface area is 136 Å². The van der Waals surface area contributed by atoms with Gasteiger partial charge in [-0.2, -0.15) is 0 Å². The van der Waals surface area contributed by atoms with Crippen molar-refractivity contribution < 1.29 is 13.7 Å². The van der Waals surface area contributed by atoms with Crippen molar-refractivity contribution in [1.29, 1.82) is 0 Å². The maximum absolute atomic E-state index is 12.1. The summed E-state index contributed by atoms with van der Waals surface area (Å²) in [6.45, 7) is 10.5. The summed E-state index contributed by atoms with van der Waals surface area (Å²) in [4.78, 5) is 11.9. The molecular weight excluding hydrogens is 304 g/mol. The molecule has 0 atom stereocenters. The van der Waals surface area contributed by atoms with Gasteiger partial charge in [-0.25, -0.2) is 0 Å². The lowest BCUT2D eigenvalue weighted by Gasteiger charge is -2.33. The molecule has 0 amide bonds. The summed E-state index contributed by atoms with van der Waals surface area (Å²) in [5.74, 6) is 0.784. The Morgan fingerprint density at radius 3 is 2.14 bits per heavy atom. The molecule has 0 aromatic heterocycles. The molecule has 0 N–H and O–H groups in total. The van der Waals surface area contributed by atoms with Crippen molar-refractivity contribution in [2.24, 2.45) is 0 Å². The summed E-state index contributed by atoms with van der Waals surface area (Å²) >= 11 is 1.61. The van der Waals surface area contributed by atoms with E-state index in [1.807, 2.05) is 33.3 Å². The van der Waals surface area contributed by atoms with Crippen molar-refractivity contribution in [1.82, 2.24) is 0 Å². The van der Waals surface area contributed by atoms with Gasteiger partial charge in [0.15, 0.2) is 0 Å². The number of carbonyl (C=O) groups excluding carboxylic acids is 1. The predicted octanol–water partition coefficient (Wildman–Crippen LogP) is 3.68. The summed E-state index contributed by atoms with van der Waals surface area (Å²) in [5, 5.41) is 0. The molecule has 0 saturated heterocycles. The first-order chi connectivity index (χ1) is 9.44. The van der Waals surface area contributed by atoms with E-state index in [2.05, 4.69) is 13.8 Å². The van der Waals surface area contributed by atoms with E-state index in [-0.39, 0.29) is 10.7 Å². The standard InChI is InChI=1S/C16H34O3S2/c1-8-20-16(4,5)14(17)19-13-11-9-10-12-15(2,3)21(6,7)18/h21H,8-13H2,1-7H3. The van der Waals surface area contributed by atoms with Gasteiger partial charge in [0.2, 0.25) is 0 Å². The molecule has 0 unspecified atom stereocenters. The molecule has 0 heterocycles. The van der Waals surface area contributed by atoms with Gasteiger partial charge in [0.05, 0.1) is 6.61 Å². The second-order valence-electron chi connectivity index (χ2n) is 7.05. The zero-order valence-corrected chi connectivity index (χ0v) is 16.5. The number of esters is 1. The summed E-state index contributed by atoms with van der Waals surface area (Å²) < 4.78 is 16.9. The number of thiol groups is 1. The molecule has 0 aromatic rings. The normalized spacial score (nSPS) is 14.0. The fourth-order valence-corrected chi connectivity index (χ4v) is 3.46. The molecule has 0 saturated carbocycles. The second-order valence-corrected chi connectivity index (χ2v) is 12.9. The van der Waals surface area contributed by atoms with Crippen molar-refractivity contribution in [3.63, 3.8) is 0 Å². The predicted molar refractivity (Wildman–Crippen MR) is 97.1 cm³/mol. The van der Waals surface area contributed by atoms with Crippen molar-refractivity contribution in [2.75, 3.05) is 24.9 Å². The van der Waals surface area contributed by atoms with Gasteiger partial charge in [-0.1, -0.05) is 33.6 Å². The maximum atomic E-state index is 12.1. The van der Waals surface area contributed by atoms with E-state index in [0.717, 1.165) is 31.4 Å². The quantitative estimate of drug-likeness (QED) is 0.375. The van der Waals surface area contributed by atoms with Gasteiger partial charge in [0, 0.05) is 4.75 Å². The first kappa shape index (κ1) is 21.0. The largest absolute Gasteiger partial charge is 0.465 e. The van der Waals surface area contributed by atoms with Crippen molar-refractivity contribution in [2.45, 2.75) is 69.8 Å². The Balaban J connectivity index is 3.89. The number of hydrogen-bond donors (Lipinski definition) is 1. The highest BCUT2D eigenvalue weighted by molar-refractivity contribution is 8.03. The highest BCUT2D eigenvalue weighted by atomic mass is 32.2. The molecule has 0 rings (SSSR count). The summed E-state index contributed by atoms with van der Waals surface area (Å²) in [6.07, 6.45) is 7.61. The Kier molecular flexibility index (Phi) is 8.55. The third-order valence-corrected chi connectivity index (χ3v) is 8.44. The maximum Gasteiger partial charge on any atom is 0.321 e. The van der Waals surface area contributed by atoms with Crippen LogP contribution in [0.1, 0.15) is 60.3 Å². The molecule has 3 nitrogen and oxygen atoms in total. The average molecular weight is 339 g/mol. The molecule has 0 aromatic carbocycles. The van der Waals surface area contributed by atoms with Crippen LogP contribution in [-0.2, 0) is 19.5 Å². The molecule has 0 fully saturated rings. The minimum Gasteiger partial charge on any atom is -0.465 e. The van der Waals surface area contributed by atoms with Crippen molar-refractivity contribution in [3.8, 4) is 0 Å². The average Bonchev–Trinajstić information content (AvgIpc) is 2.31. The van der Waals surface area contributed by atoms with E-state index >= 15 is 0 Å². The van der Waals surface area contributed by atoms with Gasteiger partial charge in [0.25, 0.3) is 0 Å². The van der Waals surface area contributed by atoms with Crippen LogP contribution >= 0.6 is 11.8 Å². The fourth-order valence-electron chi connectivity index (χ4n) is 1.86. The van der Waals surface area contributed by atoms with E-state index in [1.165, 1.54) is 0 Å². The third-order valence-electron chi connectivity index (χ3n) is 4.12. The van der Waals surface area contributed by atoms with E-state index < -0.39 is 14.7 Å². The molecule has 21 heavy (non-hydrogen) atoms. The van der Waals surface area contributed by atoms with Crippen LogP contribution in [0.25, 0.3) is 0 Å². The van der Waals surface area contributed by atoms with Crippen LogP contribution < -0.4 is 0 Å². The number of carbonyl (C=O) groups is 1. The lowest BCUT2D eigenvalue weighted by molar-refractivity contribution is -0.145. The first-order valence-corrected chi connectivity index (χ1v) is 11.4. The minimum absolute atomic E-state index is 0.0938. The molecular formula is C16H34O3S2. The lowest BCUT2D eigenvalue weighted by atomic mass is 10.0. The van der Waals surface area contributed by atoms with Crippen LogP contribution in [0, 0.1) is 0 Å². The third kappa shape index (κ3) is 7.68. The van der Waals surface area contributed by atoms with Gasteiger partial charge < -0.3 is 4.74 Å². The Morgan fingerprint density at radius 1 is 1.10 bits per heavy atom. The molecule has 0 spiro atoms. The van der Waals surface area contributed by atoms with E-state index in [0.29, 0.717) is 6.61 Å². The molecule has 0 bridgehead atoms. The van der Waals surface area contributed by atoms with E-state index in [4.69, 9.17) is 4.74 Å². The number of ether oxygens (including phenoxy) is 1. The van der Waals surface area contributed by atoms with Gasteiger partial charge in [0.1, 0.15) is 4.75 Å². The number of unbranched alkanes of at least 4 members (excludes halogenated alkanes) is 2. The van der Waals surface area contributed by atoms with Crippen molar-refractivity contribution in [3.05, 3.63) is 0 Å². The molecule has 0 radical (unpaired) electrons. The van der Waals surface area contributed by atoms with Gasteiger partial charge >= 0.3 is 5.97 Å². The topological polar surface area (TPSA) is 43.4 Å². The number of hydrogen-bond acceptors (Lipinski definition) is 4.